The second-order valence-corrected chi connectivity index (χ2v) is 6.09. The van der Waals surface area contributed by atoms with Gasteiger partial charge >= 0.3 is 6.18 Å². The number of nitrogens with one attached hydrogen (secondary N) is 1. The summed E-state index contributed by atoms with van der Waals surface area (Å²) in [6, 6.07) is 4.68. The Morgan fingerprint density at radius 2 is 2.05 bits per heavy atom. The van der Waals surface area contributed by atoms with Crippen molar-refractivity contribution in [1.29, 1.82) is 0 Å². The number of amides is 1. The molecule has 0 heterocycles. The summed E-state index contributed by atoms with van der Waals surface area (Å²) in [4.78, 5) is 11.5. The van der Waals surface area contributed by atoms with Gasteiger partial charge in [0.25, 0.3) is 0 Å². The first-order valence-corrected chi connectivity index (χ1v) is 8.09. The van der Waals surface area contributed by atoms with E-state index < -0.39 is 22.5 Å². The molecule has 0 spiro atoms. The Bertz CT molecular complexity index is 503. The smallest absolute Gasteiger partial charge is 0.355 e. The average molecular weight is 321 g/mol. The molecule has 0 aliphatic carbocycles. The van der Waals surface area contributed by atoms with Gasteiger partial charge in [0.15, 0.2) is 0 Å². The lowest BCUT2D eigenvalue weighted by atomic mass is 10.1. The van der Waals surface area contributed by atoms with Gasteiger partial charge < -0.3 is 5.32 Å². The van der Waals surface area contributed by atoms with Crippen LogP contribution in [-0.2, 0) is 27.5 Å². The van der Waals surface area contributed by atoms with Gasteiger partial charge in [0.2, 0.25) is 5.91 Å². The number of hydrogen-bond acceptors (Lipinski definition) is 2. The van der Waals surface area contributed by atoms with E-state index in [1.807, 2.05) is 6.92 Å². The molecule has 1 atom stereocenters. The molecule has 1 aromatic rings. The molecule has 1 amide bonds. The van der Waals surface area contributed by atoms with Crippen LogP contribution in [0.15, 0.2) is 24.3 Å². The van der Waals surface area contributed by atoms with Gasteiger partial charge in [0.05, 0.1) is 5.56 Å². The van der Waals surface area contributed by atoms with Crippen LogP contribution in [0.5, 0.6) is 0 Å². The number of alkyl halides is 3. The number of carbonyl (C=O) groups excluding carboxylic acids is 1. The minimum Gasteiger partial charge on any atom is -0.355 e. The molecule has 3 nitrogen and oxygen atoms in total. The lowest BCUT2D eigenvalue weighted by Crippen LogP contribution is -2.29. The number of unbranched alkanes of at least 4 members (excludes halogenated alkanes) is 1. The van der Waals surface area contributed by atoms with E-state index in [2.05, 4.69) is 5.32 Å². The number of carbonyl (C=O) groups is 1. The average Bonchev–Trinajstić information content (AvgIpc) is 2.38. The molecule has 7 heteroatoms. The van der Waals surface area contributed by atoms with Crippen molar-refractivity contribution in [3.05, 3.63) is 35.4 Å². The number of benzene rings is 1. The SMILES string of the molecule is CCCCNC(=O)CS(=O)Cc1cccc(C(F)(F)F)c1. The Balaban J connectivity index is 2.53. The Morgan fingerprint density at radius 1 is 1.33 bits per heavy atom. The van der Waals surface area contributed by atoms with Crippen LogP contribution >= 0.6 is 0 Å². The van der Waals surface area contributed by atoms with Crippen LogP contribution in [0.1, 0.15) is 30.9 Å². The Hall–Kier alpha value is -1.37. The van der Waals surface area contributed by atoms with Gasteiger partial charge in [-0.15, -0.1) is 0 Å². The van der Waals surface area contributed by atoms with Gasteiger partial charge in [-0.2, -0.15) is 13.2 Å². The zero-order chi connectivity index (χ0) is 15.9. The van der Waals surface area contributed by atoms with Gasteiger partial charge in [0.1, 0.15) is 5.75 Å². The van der Waals surface area contributed by atoms with Crippen LogP contribution in [0.25, 0.3) is 0 Å². The van der Waals surface area contributed by atoms with E-state index in [1.165, 1.54) is 12.1 Å². The van der Waals surface area contributed by atoms with Gasteiger partial charge in [-0.3, -0.25) is 9.00 Å². The van der Waals surface area contributed by atoms with E-state index in [4.69, 9.17) is 0 Å². The lowest BCUT2D eigenvalue weighted by Gasteiger charge is -2.09. The Labute approximate surface area is 124 Å². The highest BCUT2D eigenvalue weighted by Crippen LogP contribution is 2.29. The molecular weight excluding hydrogens is 303 g/mol. The molecular formula is C14H18F3NO2S. The van der Waals surface area contributed by atoms with Crippen molar-refractivity contribution in [3.8, 4) is 0 Å². The van der Waals surface area contributed by atoms with Crippen molar-refractivity contribution >= 4 is 16.7 Å². The van der Waals surface area contributed by atoms with E-state index in [1.54, 1.807) is 0 Å². The Morgan fingerprint density at radius 3 is 2.67 bits per heavy atom. The number of rotatable bonds is 7. The molecule has 0 aliphatic rings. The molecule has 0 aromatic heterocycles. The first-order valence-electron chi connectivity index (χ1n) is 6.60. The summed E-state index contributed by atoms with van der Waals surface area (Å²) in [5.74, 6) is -0.598. The summed E-state index contributed by atoms with van der Waals surface area (Å²) in [6.45, 7) is 2.51. The quantitative estimate of drug-likeness (QED) is 0.785. The van der Waals surface area contributed by atoms with Crippen LogP contribution in [0, 0.1) is 0 Å². The first-order chi connectivity index (χ1) is 9.82. The van der Waals surface area contributed by atoms with Crippen molar-refractivity contribution < 1.29 is 22.2 Å². The summed E-state index contributed by atoms with van der Waals surface area (Å²) in [5, 5.41) is 2.62. The normalized spacial score (nSPS) is 13.0. The third-order valence-electron chi connectivity index (χ3n) is 2.73. The van der Waals surface area contributed by atoms with Crippen molar-refractivity contribution in [2.45, 2.75) is 31.7 Å². The summed E-state index contributed by atoms with van der Waals surface area (Å²) >= 11 is 0. The summed E-state index contributed by atoms with van der Waals surface area (Å²) in [6.07, 6.45) is -2.64. The van der Waals surface area contributed by atoms with Crippen molar-refractivity contribution in [2.75, 3.05) is 12.3 Å². The second kappa shape index (κ2) is 8.17. The zero-order valence-corrected chi connectivity index (χ0v) is 12.5. The van der Waals surface area contributed by atoms with Crippen LogP contribution < -0.4 is 5.32 Å². The molecule has 0 aliphatic heterocycles. The molecule has 118 valence electrons. The molecule has 1 N–H and O–H groups in total. The fraction of sp³-hybridized carbons (Fsp3) is 0.500. The molecule has 0 radical (unpaired) electrons. The van der Waals surface area contributed by atoms with Crippen molar-refractivity contribution in [1.82, 2.24) is 5.32 Å². The molecule has 1 unspecified atom stereocenters. The molecule has 21 heavy (non-hydrogen) atoms. The molecule has 0 bridgehead atoms. The summed E-state index contributed by atoms with van der Waals surface area (Å²) < 4.78 is 49.4. The van der Waals surface area contributed by atoms with Crippen molar-refractivity contribution in [3.63, 3.8) is 0 Å². The molecule has 0 fully saturated rings. The van der Waals surface area contributed by atoms with Crippen LogP contribution in [0.2, 0.25) is 0 Å². The van der Waals surface area contributed by atoms with Gasteiger partial charge in [-0.05, 0) is 18.1 Å². The maximum Gasteiger partial charge on any atom is 0.416 e. The summed E-state index contributed by atoms with van der Waals surface area (Å²) in [5.41, 5.74) is -0.464. The highest BCUT2D eigenvalue weighted by Gasteiger charge is 2.30. The third-order valence-corrected chi connectivity index (χ3v) is 3.97. The number of hydrogen-bond donors (Lipinski definition) is 1. The van der Waals surface area contributed by atoms with Crippen LogP contribution in [-0.4, -0.2) is 22.4 Å². The topological polar surface area (TPSA) is 46.2 Å². The standard InChI is InChI=1S/C14H18F3NO2S/c1-2-3-7-18-13(19)10-21(20)9-11-5-4-6-12(8-11)14(15,16)17/h4-6,8H,2-3,7,9-10H2,1H3,(H,18,19). The monoisotopic (exact) mass is 321 g/mol. The maximum atomic E-state index is 12.5. The minimum absolute atomic E-state index is 0.0644. The van der Waals surface area contributed by atoms with Gasteiger partial charge in [-0.25, -0.2) is 0 Å². The van der Waals surface area contributed by atoms with E-state index in [-0.39, 0.29) is 17.4 Å². The second-order valence-electron chi connectivity index (χ2n) is 4.63. The molecule has 0 saturated carbocycles. The number of halogens is 3. The van der Waals surface area contributed by atoms with Gasteiger partial charge in [-0.1, -0.05) is 31.5 Å². The third kappa shape index (κ3) is 6.75. The first kappa shape index (κ1) is 17.7. The Kier molecular flexibility index (Phi) is 6.87. The molecule has 1 rings (SSSR count). The van der Waals surface area contributed by atoms with E-state index >= 15 is 0 Å². The zero-order valence-electron chi connectivity index (χ0n) is 11.7. The maximum absolute atomic E-state index is 12.5. The minimum atomic E-state index is -4.42. The highest BCUT2D eigenvalue weighted by atomic mass is 32.2. The van der Waals surface area contributed by atoms with E-state index in [9.17, 15) is 22.2 Å². The molecule has 1 aromatic carbocycles. The van der Waals surface area contributed by atoms with Crippen LogP contribution in [0.3, 0.4) is 0 Å². The fourth-order valence-electron chi connectivity index (χ4n) is 1.68. The highest BCUT2D eigenvalue weighted by molar-refractivity contribution is 7.84. The lowest BCUT2D eigenvalue weighted by molar-refractivity contribution is -0.137. The summed E-state index contributed by atoms with van der Waals surface area (Å²) in [7, 11) is -1.52. The van der Waals surface area contributed by atoms with Crippen LogP contribution in [0.4, 0.5) is 13.2 Å². The van der Waals surface area contributed by atoms with E-state index in [0.717, 1.165) is 25.0 Å². The van der Waals surface area contributed by atoms with Gasteiger partial charge in [0, 0.05) is 23.1 Å². The molecule has 0 saturated heterocycles. The van der Waals surface area contributed by atoms with E-state index in [0.29, 0.717) is 12.1 Å². The van der Waals surface area contributed by atoms with Crippen molar-refractivity contribution in [2.24, 2.45) is 0 Å². The predicted molar refractivity (Wildman–Crippen MR) is 76.1 cm³/mol. The predicted octanol–water partition coefficient (Wildman–Crippen LogP) is 2.87. The fourth-order valence-corrected chi connectivity index (χ4v) is 2.72. The largest absolute Gasteiger partial charge is 0.416 e.